The molecule has 0 aliphatic heterocycles. The third kappa shape index (κ3) is 5.92. The molecular formula is C21H26N2O3. The van der Waals surface area contributed by atoms with Crippen LogP contribution in [0, 0.1) is 5.92 Å². The van der Waals surface area contributed by atoms with Crippen LogP contribution in [-0.2, 0) is 9.59 Å². The van der Waals surface area contributed by atoms with Crippen LogP contribution in [0.5, 0.6) is 5.75 Å². The molecule has 0 fully saturated rings. The fourth-order valence-corrected chi connectivity index (χ4v) is 2.39. The summed E-state index contributed by atoms with van der Waals surface area (Å²) in [5.41, 5.74) is 2.10. The lowest BCUT2D eigenvalue weighted by molar-refractivity contribution is -0.128. The molecule has 0 spiro atoms. The molecule has 138 valence electrons. The molecule has 1 atom stereocenters. The second kappa shape index (κ2) is 10.2. The molecule has 5 nitrogen and oxygen atoms in total. The van der Waals surface area contributed by atoms with E-state index < -0.39 is 0 Å². The minimum Gasteiger partial charge on any atom is -0.491 e. The second-order valence-corrected chi connectivity index (χ2v) is 6.09. The predicted octanol–water partition coefficient (Wildman–Crippen LogP) is 3.01. The maximum Gasteiger partial charge on any atom is 0.239 e. The molecule has 2 amide bonds. The first-order valence-corrected chi connectivity index (χ1v) is 8.93. The minimum absolute atomic E-state index is 0.0101. The van der Waals surface area contributed by atoms with E-state index in [1.807, 2.05) is 68.4 Å². The van der Waals surface area contributed by atoms with Gasteiger partial charge in [-0.1, -0.05) is 62.4 Å². The SMILES string of the molecule is CCC(C)C(=O)NCC(=O)NCCOc1ccccc1-c1ccccc1. The van der Waals surface area contributed by atoms with Crippen molar-refractivity contribution in [3.63, 3.8) is 0 Å². The highest BCUT2D eigenvalue weighted by molar-refractivity contribution is 5.85. The van der Waals surface area contributed by atoms with Crippen molar-refractivity contribution in [3.8, 4) is 16.9 Å². The Bertz CT molecular complexity index is 716. The van der Waals surface area contributed by atoms with E-state index in [4.69, 9.17) is 4.74 Å². The number of hydrogen-bond donors (Lipinski definition) is 2. The first kappa shape index (κ1) is 19.5. The van der Waals surface area contributed by atoms with Crippen LogP contribution < -0.4 is 15.4 Å². The molecule has 0 saturated heterocycles. The van der Waals surface area contributed by atoms with Gasteiger partial charge in [0.15, 0.2) is 0 Å². The molecule has 26 heavy (non-hydrogen) atoms. The molecule has 5 heteroatoms. The van der Waals surface area contributed by atoms with Gasteiger partial charge in [-0.15, -0.1) is 0 Å². The van der Waals surface area contributed by atoms with Crippen LogP contribution in [0.25, 0.3) is 11.1 Å². The lowest BCUT2D eigenvalue weighted by Crippen LogP contribution is -2.40. The van der Waals surface area contributed by atoms with Gasteiger partial charge in [0.1, 0.15) is 12.4 Å². The van der Waals surface area contributed by atoms with Crippen molar-refractivity contribution in [1.82, 2.24) is 10.6 Å². The molecule has 1 unspecified atom stereocenters. The maximum absolute atomic E-state index is 11.8. The summed E-state index contributed by atoms with van der Waals surface area (Å²) in [6, 6.07) is 17.8. The number of nitrogens with one attached hydrogen (secondary N) is 2. The van der Waals surface area contributed by atoms with E-state index in [0.29, 0.717) is 13.2 Å². The quantitative estimate of drug-likeness (QED) is 0.680. The number of hydrogen-bond acceptors (Lipinski definition) is 3. The summed E-state index contributed by atoms with van der Waals surface area (Å²) in [7, 11) is 0. The molecule has 0 saturated carbocycles. The molecule has 2 aromatic carbocycles. The van der Waals surface area contributed by atoms with Gasteiger partial charge < -0.3 is 15.4 Å². The van der Waals surface area contributed by atoms with Crippen LogP contribution in [0.2, 0.25) is 0 Å². The molecule has 2 N–H and O–H groups in total. The zero-order chi connectivity index (χ0) is 18.8. The third-order valence-corrected chi connectivity index (χ3v) is 4.14. The Labute approximate surface area is 154 Å². The summed E-state index contributed by atoms with van der Waals surface area (Å²) < 4.78 is 5.82. The third-order valence-electron chi connectivity index (χ3n) is 4.14. The maximum atomic E-state index is 11.8. The Morgan fingerprint density at radius 1 is 1.00 bits per heavy atom. The molecule has 0 bridgehead atoms. The van der Waals surface area contributed by atoms with E-state index in [1.54, 1.807) is 0 Å². The van der Waals surface area contributed by atoms with E-state index in [2.05, 4.69) is 10.6 Å². The van der Waals surface area contributed by atoms with Gasteiger partial charge in [-0.2, -0.15) is 0 Å². The van der Waals surface area contributed by atoms with Crippen LogP contribution in [-0.4, -0.2) is 31.5 Å². The monoisotopic (exact) mass is 354 g/mol. The molecule has 2 rings (SSSR count). The van der Waals surface area contributed by atoms with Gasteiger partial charge in [-0.3, -0.25) is 9.59 Å². The smallest absolute Gasteiger partial charge is 0.239 e. The van der Waals surface area contributed by atoms with E-state index in [0.717, 1.165) is 23.3 Å². The first-order chi connectivity index (χ1) is 12.6. The van der Waals surface area contributed by atoms with Crippen LogP contribution >= 0.6 is 0 Å². The number of rotatable bonds is 9. The summed E-state index contributed by atoms with van der Waals surface area (Å²) in [5.74, 6) is 0.371. The molecule has 0 aromatic heterocycles. The fourth-order valence-electron chi connectivity index (χ4n) is 2.39. The van der Waals surface area contributed by atoms with Gasteiger partial charge in [0.05, 0.1) is 13.1 Å². The van der Waals surface area contributed by atoms with Gasteiger partial charge in [0, 0.05) is 11.5 Å². The summed E-state index contributed by atoms with van der Waals surface area (Å²) in [6.07, 6.45) is 0.752. The van der Waals surface area contributed by atoms with E-state index in [-0.39, 0.29) is 24.3 Å². The van der Waals surface area contributed by atoms with Crippen molar-refractivity contribution in [2.45, 2.75) is 20.3 Å². The number of benzene rings is 2. The van der Waals surface area contributed by atoms with Gasteiger partial charge in [-0.25, -0.2) is 0 Å². The molecular weight excluding hydrogens is 328 g/mol. The van der Waals surface area contributed by atoms with Gasteiger partial charge in [-0.05, 0) is 18.1 Å². The average molecular weight is 354 g/mol. The summed E-state index contributed by atoms with van der Waals surface area (Å²) in [4.78, 5) is 23.4. The van der Waals surface area contributed by atoms with Crippen LogP contribution in [0.4, 0.5) is 0 Å². The largest absolute Gasteiger partial charge is 0.491 e. The van der Waals surface area contributed by atoms with E-state index in [1.165, 1.54) is 0 Å². The molecule has 2 aromatic rings. The first-order valence-electron chi connectivity index (χ1n) is 8.93. The van der Waals surface area contributed by atoms with Gasteiger partial charge in [0.2, 0.25) is 11.8 Å². The number of carbonyl (C=O) groups excluding carboxylic acids is 2. The van der Waals surface area contributed by atoms with Crippen molar-refractivity contribution >= 4 is 11.8 Å². The normalized spacial score (nSPS) is 11.5. The number of para-hydroxylation sites is 1. The Morgan fingerprint density at radius 2 is 1.69 bits per heavy atom. The number of carbonyl (C=O) groups is 2. The Kier molecular flexibility index (Phi) is 7.68. The highest BCUT2D eigenvalue weighted by atomic mass is 16.5. The molecule has 0 aliphatic carbocycles. The van der Waals surface area contributed by atoms with E-state index >= 15 is 0 Å². The highest BCUT2D eigenvalue weighted by Crippen LogP contribution is 2.29. The summed E-state index contributed by atoms with van der Waals surface area (Å²) in [6.45, 7) is 4.50. The topological polar surface area (TPSA) is 67.4 Å². The lowest BCUT2D eigenvalue weighted by Gasteiger charge is -2.13. The van der Waals surface area contributed by atoms with Crippen molar-refractivity contribution in [2.24, 2.45) is 5.92 Å². The van der Waals surface area contributed by atoms with Crippen molar-refractivity contribution in [3.05, 3.63) is 54.6 Å². The molecule has 0 aliphatic rings. The van der Waals surface area contributed by atoms with Crippen molar-refractivity contribution in [1.29, 1.82) is 0 Å². The fraction of sp³-hybridized carbons (Fsp3) is 0.333. The Morgan fingerprint density at radius 3 is 2.42 bits per heavy atom. The van der Waals surface area contributed by atoms with Crippen molar-refractivity contribution in [2.75, 3.05) is 19.7 Å². The molecule has 0 radical (unpaired) electrons. The molecule has 0 heterocycles. The Hall–Kier alpha value is -2.82. The van der Waals surface area contributed by atoms with Crippen LogP contribution in [0.15, 0.2) is 54.6 Å². The van der Waals surface area contributed by atoms with E-state index in [9.17, 15) is 9.59 Å². The number of amides is 2. The predicted molar refractivity (Wildman–Crippen MR) is 103 cm³/mol. The van der Waals surface area contributed by atoms with Crippen molar-refractivity contribution < 1.29 is 14.3 Å². The Balaban J connectivity index is 1.77. The zero-order valence-corrected chi connectivity index (χ0v) is 15.3. The van der Waals surface area contributed by atoms with Crippen LogP contribution in [0.3, 0.4) is 0 Å². The summed E-state index contributed by atoms with van der Waals surface area (Å²) >= 11 is 0. The standard InChI is InChI=1S/C21H26N2O3/c1-3-16(2)21(25)23-15-20(24)22-13-14-26-19-12-8-7-11-18(19)17-9-5-4-6-10-17/h4-12,16H,3,13-15H2,1-2H3,(H,22,24)(H,23,25). The zero-order valence-electron chi connectivity index (χ0n) is 15.3. The number of ether oxygens (including phenoxy) is 1. The van der Waals surface area contributed by atoms with Crippen LogP contribution in [0.1, 0.15) is 20.3 Å². The summed E-state index contributed by atoms with van der Waals surface area (Å²) in [5, 5.41) is 5.38. The highest BCUT2D eigenvalue weighted by Gasteiger charge is 2.11. The lowest BCUT2D eigenvalue weighted by atomic mass is 10.1. The average Bonchev–Trinajstić information content (AvgIpc) is 2.69. The van der Waals surface area contributed by atoms with Gasteiger partial charge >= 0.3 is 0 Å². The minimum atomic E-state index is -0.221. The van der Waals surface area contributed by atoms with Gasteiger partial charge in [0.25, 0.3) is 0 Å². The second-order valence-electron chi connectivity index (χ2n) is 6.09.